The molecule has 0 fully saturated rings. The van der Waals surface area contributed by atoms with Crippen molar-refractivity contribution in [1.82, 2.24) is 5.32 Å². The first-order valence-corrected chi connectivity index (χ1v) is 11.5. The van der Waals surface area contributed by atoms with Crippen molar-refractivity contribution in [3.63, 3.8) is 0 Å². The minimum atomic E-state index is -3.93. The first-order chi connectivity index (χ1) is 13.9. The van der Waals surface area contributed by atoms with Gasteiger partial charge in [0.1, 0.15) is 6.54 Å². The molecule has 0 aliphatic heterocycles. The van der Waals surface area contributed by atoms with Gasteiger partial charge in [0, 0.05) is 11.6 Å². The summed E-state index contributed by atoms with van der Waals surface area (Å²) in [7, 11) is -3.93. The lowest BCUT2D eigenvalue weighted by molar-refractivity contribution is -0.119. The van der Waals surface area contributed by atoms with E-state index in [9.17, 15) is 13.2 Å². The van der Waals surface area contributed by atoms with Crippen LogP contribution in [0.2, 0.25) is 5.02 Å². The Hall–Kier alpha value is -2.31. The number of sulfonamides is 1. The molecule has 1 amide bonds. The van der Waals surface area contributed by atoms with Crippen LogP contribution in [0.25, 0.3) is 0 Å². The quantitative estimate of drug-likeness (QED) is 0.657. The zero-order chi connectivity index (χ0) is 20.9. The smallest absolute Gasteiger partial charge is 0.264 e. The lowest BCUT2D eigenvalue weighted by atomic mass is 10.00. The fourth-order valence-corrected chi connectivity index (χ4v) is 4.83. The van der Waals surface area contributed by atoms with Gasteiger partial charge in [-0.15, -0.1) is 0 Å². The van der Waals surface area contributed by atoms with Crippen LogP contribution < -0.4 is 9.62 Å². The number of rotatable bonds is 7. The number of allylic oxidation sites excluding steroid dienone is 1. The maximum absolute atomic E-state index is 13.3. The van der Waals surface area contributed by atoms with Crippen molar-refractivity contribution in [1.29, 1.82) is 0 Å². The van der Waals surface area contributed by atoms with E-state index < -0.39 is 10.0 Å². The van der Waals surface area contributed by atoms with Gasteiger partial charge in [0.2, 0.25) is 5.91 Å². The maximum atomic E-state index is 13.3. The van der Waals surface area contributed by atoms with E-state index in [1.807, 2.05) is 13.0 Å². The van der Waals surface area contributed by atoms with Crippen LogP contribution in [0.4, 0.5) is 5.69 Å². The topological polar surface area (TPSA) is 66.5 Å². The summed E-state index contributed by atoms with van der Waals surface area (Å²) in [5.41, 5.74) is 2.56. The van der Waals surface area contributed by atoms with E-state index in [4.69, 9.17) is 11.6 Å². The number of carbonyl (C=O) groups excluding carboxylic acids is 1. The summed E-state index contributed by atoms with van der Waals surface area (Å²) in [5, 5.41) is 3.31. The number of aryl methyl sites for hydroxylation is 1. The lowest BCUT2D eigenvalue weighted by Gasteiger charge is -2.24. The third-order valence-corrected chi connectivity index (χ3v) is 6.92. The van der Waals surface area contributed by atoms with Gasteiger partial charge in [0.25, 0.3) is 10.0 Å². The molecular weight excluding hydrogens is 408 g/mol. The highest BCUT2D eigenvalue weighted by atomic mass is 35.5. The predicted molar refractivity (Wildman–Crippen MR) is 117 cm³/mol. The van der Waals surface area contributed by atoms with Gasteiger partial charge in [-0.05, 0) is 74.6 Å². The van der Waals surface area contributed by atoms with E-state index in [1.54, 1.807) is 18.2 Å². The van der Waals surface area contributed by atoms with Crippen molar-refractivity contribution in [2.24, 2.45) is 0 Å². The molecule has 0 spiro atoms. The molecule has 3 rings (SSSR count). The largest absolute Gasteiger partial charge is 0.351 e. The van der Waals surface area contributed by atoms with Crippen molar-refractivity contribution in [2.75, 3.05) is 17.4 Å². The summed E-state index contributed by atoms with van der Waals surface area (Å²) < 4.78 is 27.7. The minimum absolute atomic E-state index is 0.0891. The Balaban J connectivity index is 1.84. The SMILES string of the molecule is Cc1cccc(N(CC(=O)NCC2=CCCCC2)S(=O)(=O)c2ccc(Cl)cc2)c1. The van der Waals surface area contributed by atoms with Crippen LogP contribution in [0.5, 0.6) is 0 Å². The third-order valence-electron chi connectivity index (χ3n) is 4.88. The van der Waals surface area contributed by atoms with Gasteiger partial charge in [-0.1, -0.05) is 35.4 Å². The highest BCUT2D eigenvalue weighted by Gasteiger charge is 2.27. The third kappa shape index (κ3) is 5.61. The van der Waals surface area contributed by atoms with Gasteiger partial charge >= 0.3 is 0 Å². The van der Waals surface area contributed by atoms with Crippen LogP contribution in [0.1, 0.15) is 31.2 Å². The Bertz CT molecular complexity index is 1000. The maximum Gasteiger partial charge on any atom is 0.264 e. The Morgan fingerprint density at radius 1 is 1.14 bits per heavy atom. The molecule has 1 aliphatic carbocycles. The van der Waals surface area contributed by atoms with Gasteiger partial charge < -0.3 is 5.32 Å². The Morgan fingerprint density at radius 2 is 1.90 bits per heavy atom. The molecule has 7 heteroatoms. The molecule has 5 nitrogen and oxygen atoms in total. The van der Waals surface area contributed by atoms with Crippen molar-refractivity contribution < 1.29 is 13.2 Å². The lowest BCUT2D eigenvalue weighted by Crippen LogP contribution is -2.41. The number of halogens is 1. The summed E-state index contributed by atoms with van der Waals surface area (Å²) in [6.07, 6.45) is 6.48. The monoisotopic (exact) mass is 432 g/mol. The number of nitrogens with one attached hydrogen (secondary N) is 1. The zero-order valence-electron chi connectivity index (χ0n) is 16.4. The first-order valence-electron chi connectivity index (χ1n) is 9.66. The van der Waals surface area contributed by atoms with Crippen molar-refractivity contribution in [3.8, 4) is 0 Å². The van der Waals surface area contributed by atoms with Crippen molar-refractivity contribution >= 4 is 33.2 Å². The second kappa shape index (κ2) is 9.46. The Morgan fingerprint density at radius 3 is 2.55 bits per heavy atom. The van der Waals surface area contributed by atoms with E-state index in [0.717, 1.165) is 29.1 Å². The normalized spacial score (nSPS) is 14.2. The van der Waals surface area contributed by atoms with Gasteiger partial charge in [-0.25, -0.2) is 8.42 Å². The molecule has 2 aromatic rings. The van der Waals surface area contributed by atoms with Crippen LogP contribution in [0.15, 0.2) is 65.1 Å². The molecule has 0 bridgehead atoms. The molecule has 0 atom stereocenters. The zero-order valence-corrected chi connectivity index (χ0v) is 18.0. The van der Waals surface area contributed by atoms with Crippen LogP contribution >= 0.6 is 11.6 Å². The number of anilines is 1. The average Bonchev–Trinajstić information content (AvgIpc) is 2.71. The molecular formula is C22H25ClN2O3S. The Labute approximate surface area is 177 Å². The number of hydrogen-bond donors (Lipinski definition) is 1. The molecule has 0 unspecified atom stereocenters. The van der Waals surface area contributed by atoms with Gasteiger partial charge in [-0.2, -0.15) is 0 Å². The molecule has 2 aromatic carbocycles. The molecule has 0 saturated carbocycles. The second-order valence-corrected chi connectivity index (χ2v) is 9.49. The molecule has 0 radical (unpaired) electrons. The summed E-state index contributed by atoms with van der Waals surface area (Å²) >= 11 is 5.90. The summed E-state index contributed by atoms with van der Waals surface area (Å²) in [5.74, 6) is -0.337. The highest BCUT2D eigenvalue weighted by Crippen LogP contribution is 2.25. The number of nitrogens with zero attached hydrogens (tertiary/aromatic N) is 1. The van der Waals surface area contributed by atoms with Crippen LogP contribution in [-0.2, 0) is 14.8 Å². The number of hydrogen-bond acceptors (Lipinski definition) is 3. The van der Waals surface area contributed by atoms with Gasteiger partial charge in [0.05, 0.1) is 10.6 Å². The summed E-state index contributed by atoms with van der Waals surface area (Å²) in [6, 6.07) is 13.1. The molecule has 1 aliphatic rings. The standard InChI is InChI=1S/C22H25ClN2O3S/c1-17-6-5-9-20(14-17)25(29(27,28)21-12-10-19(23)11-13-21)16-22(26)24-15-18-7-3-2-4-8-18/h5-7,9-14H,2-4,8,15-16H2,1H3,(H,24,26). The molecule has 29 heavy (non-hydrogen) atoms. The van der Waals surface area contributed by atoms with E-state index in [0.29, 0.717) is 17.3 Å². The fourth-order valence-electron chi connectivity index (χ4n) is 3.30. The van der Waals surface area contributed by atoms with Gasteiger partial charge in [0.15, 0.2) is 0 Å². The average molecular weight is 433 g/mol. The minimum Gasteiger partial charge on any atom is -0.351 e. The van der Waals surface area contributed by atoms with E-state index >= 15 is 0 Å². The molecule has 0 heterocycles. The summed E-state index contributed by atoms with van der Waals surface area (Å²) in [6.45, 7) is 2.05. The van der Waals surface area contributed by atoms with Crippen LogP contribution in [-0.4, -0.2) is 27.4 Å². The first kappa shape index (κ1) is 21.4. The van der Waals surface area contributed by atoms with E-state index in [1.165, 1.54) is 36.3 Å². The van der Waals surface area contributed by atoms with Gasteiger partial charge in [-0.3, -0.25) is 9.10 Å². The fraction of sp³-hybridized carbons (Fsp3) is 0.318. The summed E-state index contributed by atoms with van der Waals surface area (Å²) in [4.78, 5) is 12.7. The number of benzene rings is 2. The second-order valence-electron chi connectivity index (χ2n) is 7.19. The van der Waals surface area contributed by atoms with Crippen LogP contribution in [0.3, 0.4) is 0 Å². The number of amides is 1. The predicted octanol–water partition coefficient (Wildman–Crippen LogP) is 4.46. The van der Waals surface area contributed by atoms with Crippen molar-refractivity contribution in [3.05, 3.63) is 70.8 Å². The number of carbonyl (C=O) groups is 1. The van der Waals surface area contributed by atoms with E-state index in [2.05, 4.69) is 11.4 Å². The molecule has 1 N–H and O–H groups in total. The highest BCUT2D eigenvalue weighted by molar-refractivity contribution is 7.92. The Kier molecular flexibility index (Phi) is 6.98. The van der Waals surface area contributed by atoms with E-state index in [-0.39, 0.29) is 17.3 Å². The molecule has 0 aromatic heterocycles. The van der Waals surface area contributed by atoms with Crippen LogP contribution in [0, 0.1) is 6.92 Å². The van der Waals surface area contributed by atoms with Crippen molar-refractivity contribution in [2.45, 2.75) is 37.5 Å². The molecule has 154 valence electrons. The molecule has 0 saturated heterocycles.